The number of esters is 1. The number of hydrogen-bond acceptors (Lipinski definition) is 8. The van der Waals surface area contributed by atoms with Crippen LogP contribution >= 0.6 is 24.0 Å². The van der Waals surface area contributed by atoms with Crippen molar-refractivity contribution in [1.82, 2.24) is 25.2 Å². The van der Waals surface area contributed by atoms with E-state index in [2.05, 4.69) is 37.5 Å². The summed E-state index contributed by atoms with van der Waals surface area (Å²) >= 11 is 5.81. The maximum atomic E-state index is 11.7. The SMILES string of the molecule is CCOC(=O)c1cnn(C2(c3ccc(Cl)nc3)CC2)c1.Cl.NNC1(c2ccc(N3CC4CC4C3)nc2)CC1. The van der Waals surface area contributed by atoms with Crippen molar-refractivity contribution in [2.24, 2.45) is 17.7 Å². The largest absolute Gasteiger partial charge is 0.462 e. The Morgan fingerprint density at radius 1 is 1.08 bits per heavy atom. The van der Waals surface area contributed by atoms with Crippen molar-refractivity contribution >= 4 is 35.8 Å². The normalized spacial score (nSPS) is 22.9. The van der Waals surface area contributed by atoms with Crippen LogP contribution in [0.3, 0.4) is 0 Å². The van der Waals surface area contributed by atoms with Crippen molar-refractivity contribution in [3.05, 3.63) is 70.9 Å². The van der Waals surface area contributed by atoms with E-state index in [1.54, 1.807) is 31.6 Å². The number of carbonyl (C=O) groups is 1. The lowest BCUT2D eigenvalue weighted by Crippen LogP contribution is -2.35. The quantitative estimate of drug-likeness (QED) is 0.193. The number of halogens is 2. The maximum Gasteiger partial charge on any atom is 0.341 e. The first kappa shape index (κ1) is 26.9. The first-order valence-electron chi connectivity index (χ1n) is 13.0. The minimum absolute atomic E-state index is 0. The fourth-order valence-corrected chi connectivity index (χ4v) is 5.49. The Morgan fingerprint density at radius 2 is 1.79 bits per heavy atom. The van der Waals surface area contributed by atoms with Gasteiger partial charge in [-0.1, -0.05) is 23.7 Å². The highest BCUT2D eigenvalue weighted by molar-refractivity contribution is 6.29. The number of carbonyl (C=O) groups excluding carboxylic acids is 1. The van der Waals surface area contributed by atoms with Crippen LogP contribution in [-0.2, 0) is 15.8 Å². The van der Waals surface area contributed by atoms with Crippen molar-refractivity contribution in [1.29, 1.82) is 0 Å². The van der Waals surface area contributed by atoms with Crippen molar-refractivity contribution in [2.45, 2.75) is 50.1 Å². The van der Waals surface area contributed by atoms with Gasteiger partial charge in [0.25, 0.3) is 0 Å². The molecule has 0 radical (unpaired) electrons. The molecule has 0 amide bonds. The predicted octanol–water partition coefficient (Wildman–Crippen LogP) is 4.06. The van der Waals surface area contributed by atoms with E-state index in [4.69, 9.17) is 22.2 Å². The van der Waals surface area contributed by atoms with E-state index in [-0.39, 0.29) is 29.5 Å². The molecule has 0 spiro atoms. The summed E-state index contributed by atoms with van der Waals surface area (Å²) < 4.78 is 6.80. The minimum atomic E-state index is -0.344. The molecule has 38 heavy (non-hydrogen) atoms. The zero-order valence-electron chi connectivity index (χ0n) is 21.3. The molecule has 3 N–H and O–H groups in total. The summed E-state index contributed by atoms with van der Waals surface area (Å²) in [6.07, 6.45) is 12.7. The number of nitrogens with one attached hydrogen (secondary N) is 1. The molecule has 9 nitrogen and oxygen atoms in total. The molecule has 0 aromatic carbocycles. The van der Waals surface area contributed by atoms with E-state index in [9.17, 15) is 4.79 Å². The Morgan fingerprint density at radius 3 is 2.34 bits per heavy atom. The highest BCUT2D eigenvalue weighted by atomic mass is 35.5. The van der Waals surface area contributed by atoms with Gasteiger partial charge >= 0.3 is 5.97 Å². The Labute approximate surface area is 233 Å². The number of hydrogen-bond donors (Lipinski definition) is 2. The summed E-state index contributed by atoms with van der Waals surface area (Å²) in [5.41, 5.74) is 5.51. The Balaban J connectivity index is 0.000000152. The van der Waals surface area contributed by atoms with E-state index < -0.39 is 0 Å². The molecular weight excluding hydrogens is 525 g/mol. The molecule has 2 unspecified atom stereocenters. The van der Waals surface area contributed by atoms with Gasteiger partial charge in [0, 0.05) is 31.7 Å². The second-order valence-corrected chi connectivity index (χ2v) is 11.0. The van der Waals surface area contributed by atoms with E-state index in [1.807, 2.05) is 16.9 Å². The average Bonchev–Trinajstić information content (AvgIpc) is 3.90. The zero-order chi connectivity index (χ0) is 25.6. The van der Waals surface area contributed by atoms with Gasteiger partial charge in [0.15, 0.2) is 0 Å². The van der Waals surface area contributed by atoms with E-state index in [0.29, 0.717) is 17.3 Å². The van der Waals surface area contributed by atoms with Gasteiger partial charge in [-0.05, 0) is 74.1 Å². The average molecular weight is 559 g/mol. The second-order valence-electron chi connectivity index (χ2n) is 10.6. The number of rotatable bonds is 7. The highest BCUT2D eigenvalue weighted by Gasteiger charge is 2.48. The molecule has 0 bridgehead atoms. The Kier molecular flexibility index (Phi) is 7.39. The lowest BCUT2D eigenvalue weighted by Gasteiger charge is -2.20. The topological polar surface area (TPSA) is 111 Å². The van der Waals surface area contributed by atoms with Crippen LogP contribution < -0.4 is 16.2 Å². The van der Waals surface area contributed by atoms with Crippen LogP contribution in [0.4, 0.5) is 5.82 Å². The molecule has 7 rings (SSSR count). The van der Waals surface area contributed by atoms with Crippen LogP contribution in [0.25, 0.3) is 0 Å². The van der Waals surface area contributed by atoms with Gasteiger partial charge in [-0.3, -0.25) is 10.5 Å². The fourth-order valence-electron chi connectivity index (χ4n) is 5.38. The number of hydrazine groups is 1. The molecule has 11 heteroatoms. The van der Waals surface area contributed by atoms with Crippen LogP contribution in [-0.4, -0.2) is 45.4 Å². The molecule has 4 heterocycles. The summed E-state index contributed by atoms with van der Waals surface area (Å²) in [6, 6.07) is 8.05. The predicted molar refractivity (Wildman–Crippen MR) is 147 cm³/mol. The first-order valence-corrected chi connectivity index (χ1v) is 13.4. The van der Waals surface area contributed by atoms with Crippen molar-refractivity contribution in [2.75, 3.05) is 24.6 Å². The van der Waals surface area contributed by atoms with Gasteiger partial charge in [-0.25, -0.2) is 20.2 Å². The number of nitrogens with two attached hydrogens (primary N) is 1. The third-order valence-corrected chi connectivity index (χ3v) is 8.37. The lowest BCUT2D eigenvalue weighted by atomic mass is 10.1. The van der Waals surface area contributed by atoms with Crippen LogP contribution in [0.15, 0.2) is 49.1 Å². The third kappa shape index (κ3) is 5.12. The number of aromatic nitrogens is 4. The van der Waals surface area contributed by atoms with Crippen molar-refractivity contribution < 1.29 is 9.53 Å². The monoisotopic (exact) mass is 557 g/mol. The Bertz CT molecular complexity index is 1260. The molecule has 3 aromatic heterocycles. The summed E-state index contributed by atoms with van der Waals surface area (Å²) in [5.74, 6) is 8.30. The summed E-state index contributed by atoms with van der Waals surface area (Å²) in [5, 5.41) is 4.78. The number of piperidine rings is 1. The molecule has 4 aliphatic rings. The first-order chi connectivity index (χ1) is 18.0. The van der Waals surface area contributed by atoms with E-state index in [1.165, 1.54) is 25.1 Å². The summed E-state index contributed by atoms with van der Waals surface area (Å²) in [4.78, 5) is 22.8. The molecule has 1 saturated heterocycles. The van der Waals surface area contributed by atoms with Crippen molar-refractivity contribution in [3.8, 4) is 0 Å². The van der Waals surface area contributed by atoms with Gasteiger partial charge in [0.05, 0.1) is 29.4 Å². The van der Waals surface area contributed by atoms with Gasteiger partial charge in [-0.2, -0.15) is 5.10 Å². The van der Waals surface area contributed by atoms with Gasteiger partial charge < -0.3 is 9.64 Å². The highest BCUT2D eigenvalue weighted by Crippen LogP contribution is 2.49. The number of anilines is 1. The van der Waals surface area contributed by atoms with Crippen LogP contribution in [0.2, 0.25) is 5.15 Å². The molecule has 1 aliphatic heterocycles. The minimum Gasteiger partial charge on any atom is -0.462 e. The molecule has 4 fully saturated rings. The molecule has 202 valence electrons. The zero-order valence-corrected chi connectivity index (χ0v) is 22.9. The van der Waals surface area contributed by atoms with Crippen molar-refractivity contribution in [3.63, 3.8) is 0 Å². The van der Waals surface area contributed by atoms with Gasteiger partial charge in [-0.15, -0.1) is 12.4 Å². The molecule has 3 aromatic rings. The van der Waals surface area contributed by atoms with E-state index in [0.717, 1.165) is 48.9 Å². The van der Waals surface area contributed by atoms with Crippen LogP contribution in [0.1, 0.15) is 60.5 Å². The number of ether oxygens (including phenoxy) is 1. The molecular formula is C27H33Cl2N7O2. The third-order valence-electron chi connectivity index (χ3n) is 8.15. The number of pyridine rings is 2. The second kappa shape index (κ2) is 10.4. The van der Waals surface area contributed by atoms with Crippen LogP contribution in [0.5, 0.6) is 0 Å². The molecule has 2 atom stereocenters. The van der Waals surface area contributed by atoms with Gasteiger partial charge in [0.2, 0.25) is 0 Å². The van der Waals surface area contributed by atoms with Gasteiger partial charge in [0.1, 0.15) is 11.0 Å². The van der Waals surface area contributed by atoms with E-state index >= 15 is 0 Å². The van der Waals surface area contributed by atoms with Crippen LogP contribution in [0, 0.1) is 11.8 Å². The lowest BCUT2D eigenvalue weighted by molar-refractivity contribution is 0.0526. The standard InChI is InChI=1S/C14H14ClN3O2.C13H18N4.ClH/c1-2-20-13(19)10-7-17-18(9-10)14(5-6-14)11-3-4-12(15)16-8-11;14-16-13(3-4-13)11-1-2-12(15-6-11)17-7-9-5-10(9)8-17;/h3-4,7-9H,2,5-6H2,1H3;1-2,6,9-10,16H,3-5,7-8,14H2;1H. The number of fused-ring (bicyclic) bond motifs is 1. The Hall–Kier alpha value is -2.72. The summed E-state index contributed by atoms with van der Waals surface area (Å²) in [7, 11) is 0. The smallest absolute Gasteiger partial charge is 0.341 e. The fraction of sp³-hybridized carbons (Fsp3) is 0.481. The molecule has 3 saturated carbocycles. The maximum absolute atomic E-state index is 11.7. The molecule has 3 aliphatic carbocycles. The number of nitrogens with zero attached hydrogens (tertiary/aromatic N) is 5. The summed E-state index contributed by atoms with van der Waals surface area (Å²) in [6.45, 7) is 4.55.